The monoisotopic (exact) mass is 390 g/mol. The second-order valence-electron chi connectivity index (χ2n) is 9.51. The lowest BCUT2D eigenvalue weighted by Gasteiger charge is -2.39. The van der Waals surface area contributed by atoms with Crippen molar-refractivity contribution in [3.63, 3.8) is 0 Å². The minimum absolute atomic E-state index is 0.353. The maximum absolute atomic E-state index is 12.0. The zero-order valence-corrected chi connectivity index (χ0v) is 17.5. The van der Waals surface area contributed by atoms with Gasteiger partial charge < -0.3 is 10.0 Å². The Morgan fingerprint density at radius 2 is 1.69 bits per heavy atom. The Labute approximate surface area is 175 Å². The summed E-state index contributed by atoms with van der Waals surface area (Å²) in [5.41, 5.74) is 3.15. The quantitative estimate of drug-likeness (QED) is 0.772. The first-order chi connectivity index (χ1) is 14.2. The maximum atomic E-state index is 12.0. The predicted octanol–water partition coefficient (Wildman–Crippen LogP) is 4.05. The van der Waals surface area contributed by atoms with E-state index in [1.54, 1.807) is 0 Å². The Kier molecular flexibility index (Phi) is 5.47. The molecule has 0 radical (unpaired) electrons. The van der Waals surface area contributed by atoms with Gasteiger partial charge in [-0.25, -0.2) is 0 Å². The van der Waals surface area contributed by atoms with Crippen LogP contribution in [0.4, 0.5) is 0 Å². The molecule has 3 fully saturated rings. The van der Waals surface area contributed by atoms with E-state index in [4.69, 9.17) is 0 Å². The van der Waals surface area contributed by atoms with Crippen molar-refractivity contribution < 1.29 is 5.11 Å². The van der Waals surface area contributed by atoms with Gasteiger partial charge in [-0.05, 0) is 74.3 Å². The summed E-state index contributed by atoms with van der Waals surface area (Å²) >= 11 is 0. The van der Waals surface area contributed by atoms with Gasteiger partial charge in [0, 0.05) is 25.6 Å². The topological polar surface area (TPSA) is 26.7 Å². The molecular weight excluding hydrogens is 356 g/mol. The number of rotatable bonds is 7. The number of piperidine rings is 1. The summed E-state index contributed by atoms with van der Waals surface area (Å²) in [5.74, 6) is 0.994. The molecule has 5 rings (SSSR count). The predicted molar refractivity (Wildman–Crippen MR) is 118 cm³/mol. The number of aliphatic hydroxyl groups is 1. The van der Waals surface area contributed by atoms with Gasteiger partial charge in [0.05, 0.1) is 5.60 Å². The third-order valence-corrected chi connectivity index (χ3v) is 7.61. The standard InChI is InChI=1S/C26H34N2O/c29-26(24-9-2-1-3-10-24,25-20-28-16-12-23(25)19-28)13-11-21-7-6-8-22(17-21)18-27-14-4-5-15-27/h1-3,6-10,17,23,25,29H,4-5,11-16,18-20H2. The summed E-state index contributed by atoms with van der Waals surface area (Å²) in [5, 5.41) is 12.0. The normalized spacial score (nSPS) is 28.7. The minimum atomic E-state index is -0.730. The SMILES string of the molecule is OC(CCc1cccc(CN2CCCC2)c1)(c1ccccc1)C1CN2CCC1C2. The average Bonchev–Trinajstić information content (AvgIpc) is 3.52. The number of hydrogen-bond donors (Lipinski definition) is 1. The molecular formula is C26H34N2O. The van der Waals surface area contributed by atoms with Gasteiger partial charge in [-0.15, -0.1) is 0 Å². The van der Waals surface area contributed by atoms with Crippen molar-refractivity contribution >= 4 is 0 Å². The molecule has 2 bridgehead atoms. The van der Waals surface area contributed by atoms with Crippen LogP contribution in [0.3, 0.4) is 0 Å². The van der Waals surface area contributed by atoms with E-state index in [1.165, 1.54) is 56.6 Å². The van der Waals surface area contributed by atoms with Crippen LogP contribution in [0.1, 0.15) is 42.4 Å². The zero-order valence-electron chi connectivity index (χ0n) is 17.5. The van der Waals surface area contributed by atoms with E-state index in [1.807, 2.05) is 0 Å². The van der Waals surface area contributed by atoms with Gasteiger partial charge in [0.2, 0.25) is 0 Å². The summed E-state index contributed by atoms with van der Waals surface area (Å²) in [7, 11) is 0. The molecule has 3 aliphatic rings. The minimum Gasteiger partial charge on any atom is -0.385 e. The lowest BCUT2D eigenvalue weighted by Crippen LogP contribution is -2.42. The highest BCUT2D eigenvalue weighted by molar-refractivity contribution is 5.28. The Balaban J connectivity index is 1.33. The highest BCUT2D eigenvalue weighted by atomic mass is 16.3. The maximum Gasteiger partial charge on any atom is 0.0943 e. The van der Waals surface area contributed by atoms with Gasteiger partial charge in [0.15, 0.2) is 0 Å². The van der Waals surface area contributed by atoms with Gasteiger partial charge in [-0.2, -0.15) is 0 Å². The molecule has 154 valence electrons. The van der Waals surface area contributed by atoms with Crippen LogP contribution in [0.2, 0.25) is 0 Å². The number of benzene rings is 2. The van der Waals surface area contributed by atoms with Crippen molar-refractivity contribution in [2.45, 2.75) is 44.2 Å². The van der Waals surface area contributed by atoms with Crippen molar-refractivity contribution in [3.05, 3.63) is 71.3 Å². The van der Waals surface area contributed by atoms with E-state index < -0.39 is 5.60 Å². The number of aryl methyl sites for hydroxylation is 1. The summed E-state index contributed by atoms with van der Waals surface area (Å²) in [6.07, 6.45) is 5.65. The Morgan fingerprint density at radius 1 is 0.897 bits per heavy atom. The lowest BCUT2D eigenvalue weighted by atomic mass is 9.71. The molecule has 3 saturated heterocycles. The Morgan fingerprint density at radius 3 is 2.41 bits per heavy atom. The van der Waals surface area contributed by atoms with Crippen LogP contribution in [-0.4, -0.2) is 47.6 Å². The third-order valence-electron chi connectivity index (χ3n) is 7.61. The third kappa shape index (κ3) is 4.01. The van der Waals surface area contributed by atoms with Gasteiger partial charge in [-0.3, -0.25) is 4.90 Å². The van der Waals surface area contributed by atoms with Crippen molar-refractivity contribution in [3.8, 4) is 0 Å². The molecule has 3 aliphatic heterocycles. The van der Waals surface area contributed by atoms with Crippen LogP contribution in [-0.2, 0) is 18.6 Å². The number of likely N-dealkylation sites (tertiary alicyclic amines) is 1. The van der Waals surface area contributed by atoms with Crippen molar-refractivity contribution in [2.24, 2.45) is 11.8 Å². The highest BCUT2D eigenvalue weighted by Gasteiger charge is 2.49. The van der Waals surface area contributed by atoms with Gasteiger partial charge >= 0.3 is 0 Å². The van der Waals surface area contributed by atoms with Crippen LogP contribution in [0.15, 0.2) is 54.6 Å². The molecule has 4 unspecified atom stereocenters. The van der Waals surface area contributed by atoms with E-state index in [0.717, 1.165) is 31.5 Å². The molecule has 3 heterocycles. The van der Waals surface area contributed by atoms with Gasteiger partial charge in [0.25, 0.3) is 0 Å². The molecule has 0 saturated carbocycles. The molecule has 3 heteroatoms. The summed E-state index contributed by atoms with van der Waals surface area (Å²) in [4.78, 5) is 5.10. The molecule has 0 aliphatic carbocycles. The van der Waals surface area contributed by atoms with Crippen LogP contribution >= 0.6 is 0 Å². The molecule has 2 aromatic rings. The molecule has 4 atom stereocenters. The second kappa shape index (κ2) is 8.22. The Hall–Kier alpha value is -1.68. The average molecular weight is 391 g/mol. The largest absolute Gasteiger partial charge is 0.385 e. The molecule has 0 amide bonds. The molecule has 0 spiro atoms. The number of fused-ring (bicyclic) bond motifs is 2. The first kappa shape index (κ1) is 19.3. The van der Waals surface area contributed by atoms with E-state index in [9.17, 15) is 5.11 Å². The Bertz CT molecular complexity index is 816. The molecule has 2 aromatic carbocycles. The first-order valence-electron chi connectivity index (χ1n) is 11.5. The number of nitrogens with zero attached hydrogens (tertiary/aromatic N) is 2. The molecule has 0 aromatic heterocycles. The molecule has 1 N–H and O–H groups in total. The van der Waals surface area contributed by atoms with Crippen LogP contribution in [0, 0.1) is 11.8 Å². The fourth-order valence-corrected chi connectivity index (χ4v) is 6.01. The first-order valence-corrected chi connectivity index (χ1v) is 11.5. The van der Waals surface area contributed by atoms with Crippen molar-refractivity contribution in [1.82, 2.24) is 9.80 Å². The fraction of sp³-hybridized carbons (Fsp3) is 0.538. The highest BCUT2D eigenvalue weighted by Crippen LogP contribution is 2.46. The fourth-order valence-electron chi connectivity index (χ4n) is 6.01. The summed E-state index contributed by atoms with van der Waals surface area (Å²) in [6, 6.07) is 19.5. The van der Waals surface area contributed by atoms with Crippen molar-refractivity contribution in [2.75, 3.05) is 32.7 Å². The smallest absolute Gasteiger partial charge is 0.0943 e. The molecule has 29 heavy (non-hydrogen) atoms. The van der Waals surface area contributed by atoms with Crippen LogP contribution in [0.5, 0.6) is 0 Å². The lowest BCUT2D eigenvalue weighted by molar-refractivity contribution is -0.0495. The van der Waals surface area contributed by atoms with Gasteiger partial charge in [0.1, 0.15) is 0 Å². The van der Waals surface area contributed by atoms with Crippen LogP contribution < -0.4 is 0 Å². The van der Waals surface area contributed by atoms with Crippen molar-refractivity contribution in [1.29, 1.82) is 0 Å². The van der Waals surface area contributed by atoms with E-state index in [2.05, 4.69) is 64.4 Å². The van der Waals surface area contributed by atoms with E-state index >= 15 is 0 Å². The van der Waals surface area contributed by atoms with Gasteiger partial charge in [-0.1, -0.05) is 54.6 Å². The second-order valence-corrected chi connectivity index (χ2v) is 9.51. The van der Waals surface area contributed by atoms with Crippen LogP contribution in [0.25, 0.3) is 0 Å². The van der Waals surface area contributed by atoms with E-state index in [-0.39, 0.29) is 0 Å². The number of hydrogen-bond acceptors (Lipinski definition) is 3. The van der Waals surface area contributed by atoms with E-state index in [0.29, 0.717) is 11.8 Å². The summed E-state index contributed by atoms with van der Waals surface area (Å²) < 4.78 is 0. The summed E-state index contributed by atoms with van der Waals surface area (Å²) in [6.45, 7) is 6.96. The molecule has 3 nitrogen and oxygen atoms in total. The zero-order chi connectivity index (χ0) is 19.7.